The van der Waals surface area contributed by atoms with Crippen LogP contribution in [0.4, 0.5) is 4.39 Å². The fourth-order valence-electron chi connectivity index (χ4n) is 1.57. The summed E-state index contributed by atoms with van der Waals surface area (Å²) >= 11 is 5.93. The molecule has 0 aliphatic rings. The van der Waals surface area contributed by atoms with Gasteiger partial charge in [0.05, 0.1) is 11.1 Å². The van der Waals surface area contributed by atoms with E-state index in [4.69, 9.17) is 16.3 Å². The topological polar surface area (TPSA) is 42.4 Å². The molecule has 1 N–H and O–H groups in total. The van der Waals surface area contributed by atoms with E-state index >= 15 is 0 Å². The summed E-state index contributed by atoms with van der Waals surface area (Å²) in [6, 6.07) is 6.09. The lowest BCUT2D eigenvalue weighted by molar-refractivity contribution is 0.198. The van der Waals surface area contributed by atoms with E-state index in [0.29, 0.717) is 10.6 Å². The molecule has 1 atom stereocenters. The molecule has 19 heavy (non-hydrogen) atoms. The third-order valence-corrected chi connectivity index (χ3v) is 3.02. The molecule has 2 rings (SSSR count). The maximum absolute atomic E-state index is 13.7. The van der Waals surface area contributed by atoms with Crippen LogP contribution in [0.15, 0.2) is 36.7 Å². The van der Waals surface area contributed by atoms with E-state index in [-0.39, 0.29) is 12.4 Å². The molecule has 0 amide bonds. The molecule has 100 valence electrons. The van der Waals surface area contributed by atoms with Crippen LogP contribution in [-0.2, 0) is 6.61 Å². The van der Waals surface area contributed by atoms with Gasteiger partial charge in [-0.3, -0.25) is 4.98 Å². The number of nitrogens with zero attached hydrogens (tertiary/aromatic N) is 1. The fourth-order valence-corrected chi connectivity index (χ4v) is 1.74. The van der Waals surface area contributed by atoms with Crippen LogP contribution >= 0.6 is 11.6 Å². The number of halogens is 2. The zero-order valence-electron chi connectivity index (χ0n) is 10.3. The number of aromatic nitrogens is 1. The smallest absolute Gasteiger partial charge is 0.165 e. The maximum atomic E-state index is 13.7. The second-order valence-corrected chi connectivity index (χ2v) is 4.53. The molecule has 5 heteroatoms. The second kappa shape index (κ2) is 5.99. The third kappa shape index (κ3) is 3.43. The van der Waals surface area contributed by atoms with Gasteiger partial charge in [0.2, 0.25) is 0 Å². The molecule has 1 aromatic heterocycles. The van der Waals surface area contributed by atoms with Crippen molar-refractivity contribution >= 4 is 11.6 Å². The van der Waals surface area contributed by atoms with E-state index in [0.717, 1.165) is 5.56 Å². The summed E-state index contributed by atoms with van der Waals surface area (Å²) in [6.07, 6.45) is 2.39. The summed E-state index contributed by atoms with van der Waals surface area (Å²) < 4.78 is 19.1. The van der Waals surface area contributed by atoms with Crippen LogP contribution in [-0.4, -0.2) is 10.1 Å². The van der Waals surface area contributed by atoms with Gasteiger partial charge in [0.1, 0.15) is 6.61 Å². The number of pyridine rings is 1. The van der Waals surface area contributed by atoms with E-state index in [9.17, 15) is 9.50 Å². The highest BCUT2D eigenvalue weighted by atomic mass is 35.5. The van der Waals surface area contributed by atoms with Gasteiger partial charge in [-0.2, -0.15) is 0 Å². The van der Waals surface area contributed by atoms with Crippen molar-refractivity contribution in [1.82, 2.24) is 4.98 Å². The summed E-state index contributed by atoms with van der Waals surface area (Å²) in [4.78, 5) is 3.86. The molecule has 3 nitrogen and oxygen atoms in total. The van der Waals surface area contributed by atoms with Crippen molar-refractivity contribution in [1.29, 1.82) is 0 Å². The van der Waals surface area contributed by atoms with Crippen LogP contribution in [0.25, 0.3) is 0 Å². The van der Waals surface area contributed by atoms with Gasteiger partial charge < -0.3 is 9.84 Å². The van der Waals surface area contributed by atoms with Crippen molar-refractivity contribution in [2.45, 2.75) is 19.6 Å². The summed E-state index contributed by atoms with van der Waals surface area (Å²) in [7, 11) is 0. The minimum atomic E-state index is -0.710. The van der Waals surface area contributed by atoms with Crippen LogP contribution in [0, 0.1) is 5.82 Å². The molecule has 0 aliphatic carbocycles. The number of hydrogen-bond donors (Lipinski definition) is 1. The first kappa shape index (κ1) is 13.8. The Morgan fingerprint density at radius 1 is 1.42 bits per heavy atom. The molecule has 1 heterocycles. The van der Waals surface area contributed by atoms with Crippen LogP contribution in [0.2, 0.25) is 5.02 Å². The number of aliphatic hydroxyl groups excluding tert-OH is 1. The van der Waals surface area contributed by atoms with E-state index in [1.54, 1.807) is 25.3 Å². The fraction of sp³-hybridized carbons (Fsp3) is 0.214. The molecule has 0 fully saturated rings. The molecule has 1 aromatic carbocycles. The van der Waals surface area contributed by atoms with Gasteiger partial charge in [0, 0.05) is 18.0 Å². The van der Waals surface area contributed by atoms with Crippen molar-refractivity contribution in [2.24, 2.45) is 0 Å². The summed E-state index contributed by atoms with van der Waals surface area (Å²) in [6.45, 7) is 1.73. The standard InChI is InChI=1S/C14H13ClFNO2/c1-9(18)10-2-3-14(13(16)6-10)19-8-11-4-5-17-7-12(11)15/h2-7,9,18H,8H2,1H3. The summed E-state index contributed by atoms with van der Waals surface area (Å²) in [5.41, 5.74) is 1.24. The Bertz CT molecular complexity index is 575. The minimum absolute atomic E-state index is 0.122. The molecule has 0 saturated carbocycles. The maximum Gasteiger partial charge on any atom is 0.165 e. The molecule has 2 aromatic rings. The van der Waals surface area contributed by atoms with Gasteiger partial charge in [-0.1, -0.05) is 17.7 Å². The van der Waals surface area contributed by atoms with Gasteiger partial charge in [0.15, 0.2) is 11.6 Å². The normalized spacial score (nSPS) is 12.2. The van der Waals surface area contributed by atoms with Gasteiger partial charge in [-0.25, -0.2) is 4.39 Å². The van der Waals surface area contributed by atoms with E-state index in [2.05, 4.69) is 4.98 Å². The Balaban J connectivity index is 2.10. The van der Waals surface area contributed by atoms with Crippen molar-refractivity contribution in [3.8, 4) is 5.75 Å². The minimum Gasteiger partial charge on any atom is -0.486 e. The van der Waals surface area contributed by atoms with Crippen molar-refractivity contribution in [3.63, 3.8) is 0 Å². The Labute approximate surface area is 115 Å². The van der Waals surface area contributed by atoms with Crippen LogP contribution in [0.5, 0.6) is 5.75 Å². The number of hydrogen-bond acceptors (Lipinski definition) is 3. The molecule has 0 aliphatic heterocycles. The average molecular weight is 282 g/mol. The second-order valence-electron chi connectivity index (χ2n) is 4.12. The molecule has 0 radical (unpaired) electrons. The van der Waals surface area contributed by atoms with E-state index in [1.807, 2.05) is 0 Å². The molecular formula is C14H13ClFNO2. The number of rotatable bonds is 4. The van der Waals surface area contributed by atoms with Crippen molar-refractivity contribution in [2.75, 3.05) is 0 Å². The van der Waals surface area contributed by atoms with Gasteiger partial charge in [-0.05, 0) is 30.7 Å². The molecular weight excluding hydrogens is 269 g/mol. The molecule has 0 saturated heterocycles. The first-order valence-corrected chi connectivity index (χ1v) is 6.14. The van der Waals surface area contributed by atoms with Crippen LogP contribution < -0.4 is 4.74 Å². The van der Waals surface area contributed by atoms with Gasteiger partial charge in [-0.15, -0.1) is 0 Å². The Hall–Kier alpha value is -1.65. The lowest BCUT2D eigenvalue weighted by Crippen LogP contribution is -2.00. The predicted octanol–water partition coefficient (Wildman–Crippen LogP) is 3.51. The average Bonchev–Trinajstić information content (AvgIpc) is 2.39. The predicted molar refractivity (Wildman–Crippen MR) is 70.6 cm³/mol. The van der Waals surface area contributed by atoms with Gasteiger partial charge in [0.25, 0.3) is 0 Å². The first-order valence-electron chi connectivity index (χ1n) is 5.76. The van der Waals surface area contributed by atoms with Crippen LogP contribution in [0.1, 0.15) is 24.2 Å². The zero-order valence-corrected chi connectivity index (χ0v) is 11.1. The number of benzene rings is 1. The van der Waals surface area contributed by atoms with Crippen molar-refractivity contribution < 1.29 is 14.2 Å². The lowest BCUT2D eigenvalue weighted by Gasteiger charge is -2.10. The monoisotopic (exact) mass is 281 g/mol. The van der Waals surface area contributed by atoms with E-state index < -0.39 is 11.9 Å². The summed E-state index contributed by atoms with van der Waals surface area (Å²) in [5, 5.41) is 9.83. The molecule has 1 unspecified atom stereocenters. The highest BCUT2D eigenvalue weighted by Gasteiger charge is 2.09. The number of aliphatic hydroxyl groups is 1. The van der Waals surface area contributed by atoms with E-state index in [1.165, 1.54) is 18.3 Å². The molecule has 0 bridgehead atoms. The van der Waals surface area contributed by atoms with Gasteiger partial charge >= 0.3 is 0 Å². The third-order valence-electron chi connectivity index (χ3n) is 2.68. The number of ether oxygens (including phenoxy) is 1. The highest BCUT2D eigenvalue weighted by molar-refractivity contribution is 6.31. The zero-order chi connectivity index (χ0) is 13.8. The Morgan fingerprint density at radius 2 is 2.21 bits per heavy atom. The highest BCUT2D eigenvalue weighted by Crippen LogP contribution is 2.23. The quantitative estimate of drug-likeness (QED) is 0.932. The van der Waals surface area contributed by atoms with Crippen LogP contribution in [0.3, 0.4) is 0 Å². The van der Waals surface area contributed by atoms with Crippen molar-refractivity contribution in [3.05, 3.63) is 58.6 Å². The molecule has 0 spiro atoms. The largest absolute Gasteiger partial charge is 0.486 e. The Kier molecular flexibility index (Phi) is 4.35. The lowest BCUT2D eigenvalue weighted by atomic mass is 10.1. The summed E-state index contributed by atoms with van der Waals surface area (Å²) in [5.74, 6) is -0.388. The SMILES string of the molecule is CC(O)c1ccc(OCc2ccncc2Cl)c(F)c1. The first-order chi connectivity index (χ1) is 9.08. The Morgan fingerprint density at radius 3 is 2.84 bits per heavy atom.